The fraction of sp³-hybridized carbons (Fsp3) is 1.00. The summed E-state index contributed by atoms with van der Waals surface area (Å²) >= 11 is 0. The number of hydrogen-bond acceptors (Lipinski definition) is 2. The highest BCUT2D eigenvalue weighted by molar-refractivity contribution is 4.98. The van der Waals surface area contributed by atoms with Gasteiger partial charge in [-0.15, -0.1) is 0 Å². The molecule has 1 aliphatic carbocycles. The van der Waals surface area contributed by atoms with Crippen LogP contribution in [-0.4, -0.2) is 36.6 Å². The van der Waals surface area contributed by atoms with Crippen LogP contribution >= 0.6 is 0 Å². The van der Waals surface area contributed by atoms with Crippen LogP contribution in [0.3, 0.4) is 0 Å². The molecule has 2 heterocycles. The third-order valence-corrected chi connectivity index (χ3v) is 5.63. The second kappa shape index (κ2) is 7.46. The van der Waals surface area contributed by atoms with Crippen LogP contribution in [0.2, 0.25) is 0 Å². The summed E-state index contributed by atoms with van der Waals surface area (Å²) in [4.78, 5) is 2.77. The van der Waals surface area contributed by atoms with E-state index in [2.05, 4.69) is 37.9 Å². The first kappa shape index (κ1) is 17.3. The van der Waals surface area contributed by atoms with E-state index in [0.717, 1.165) is 5.92 Å². The van der Waals surface area contributed by atoms with Crippen molar-refractivity contribution in [3.05, 3.63) is 0 Å². The summed E-state index contributed by atoms with van der Waals surface area (Å²) in [5, 5.41) is 3.28. The van der Waals surface area contributed by atoms with Gasteiger partial charge in [-0.3, -0.25) is 4.90 Å². The average molecular weight is 295 g/mol. The maximum atomic E-state index is 3.28. The predicted octanol–water partition coefficient (Wildman–Crippen LogP) is 4.45. The first-order valence-corrected chi connectivity index (χ1v) is 9.37. The Morgan fingerprint density at radius 1 is 0.857 bits per heavy atom. The summed E-state index contributed by atoms with van der Waals surface area (Å²) in [6.07, 6.45) is 11.3. The highest BCUT2D eigenvalue weighted by atomic mass is 15.2. The molecular formula is C19H38N2. The smallest absolute Gasteiger partial charge is 0.0189 e. The van der Waals surface area contributed by atoms with Crippen LogP contribution in [0.1, 0.15) is 79.1 Å². The molecule has 0 bridgehead atoms. The topological polar surface area (TPSA) is 15.3 Å². The van der Waals surface area contributed by atoms with Crippen LogP contribution in [0.15, 0.2) is 0 Å². The number of nitrogens with zero attached hydrogens (tertiary/aromatic N) is 1. The normalized spacial score (nSPS) is 36.9. The molecule has 124 valence electrons. The van der Waals surface area contributed by atoms with E-state index in [1.54, 1.807) is 0 Å². The minimum absolute atomic E-state index is 0.498. The molecule has 21 heavy (non-hydrogen) atoms. The highest BCUT2D eigenvalue weighted by Gasteiger charge is 2.43. The van der Waals surface area contributed by atoms with Crippen LogP contribution in [-0.2, 0) is 0 Å². The quantitative estimate of drug-likeness (QED) is 0.769. The van der Waals surface area contributed by atoms with E-state index in [4.69, 9.17) is 0 Å². The second-order valence-corrected chi connectivity index (χ2v) is 8.86. The Kier molecular flexibility index (Phi) is 6.14. The lowest BCUT2D eigenvalue weighted by molar-refractivity contribution is 0.00894. The van der Waals surface area contributed by atoms with E-state index >= 15 is 0 Å². The molecule has 2 heteroatoms. The molecule has 1 saturated carbocycles. The average Bonchev–Trinajstić information content (AvgIpc) is 2.93. The van der Waals surface area contributed by atoms with E-state index in [0.29, 0.717) is 11.0 Å². The fourth-order valence-electron chi connectivity index (χ4n) is 5.24. The van der Waals surface area contributed by atoms with Crippen molar-refractivity contribution in [2.45, 2.75) is 84.6 Å². The molecule has 2 unspecified atom stereocenters. The molecule has 0 aromatic heterocycles. The monoisotopic (exact) mass is 294 g/mol. The highest BCUT2D eigenvalue weighted by Crippen LogP contribution is 2.47. The Morgan fingerprint density at radius 3 is 1.90 bits per heavy atom. The van der Waals surface area contributed by atoms with Crippen LogP contribution < -0.4 is 5.32 Å². The molecule has 0 aromatic carbocycles. The lowest BCUT2D eigenvalue weighted by Crippen LogP contribution is -2.51. The molecule has 2 nitrogen and oxygen atoms in total. The standard InChI is InChI=1S/C14H27N.C5H11N/c1-12-9-13(2,3)11-14(4,10-12)15-7-5-6-8-15;1-2-4-6-5-3-1/h12H,5-11H2,1-4H3;6H,1-5H2. The van der Waals surface area contributed by atoms with E-state index < -0.39 is 0 Å². The Morgan fingerprint density at radius 2 is 1.48 bits per heavy atom. The molecule has 0 radical (unpaired) electrons. The summed E-state index contributed by atoms with van der Waals surface area (Å²) in [6, 6.07) is 0. The van der Waals surface area contributed by atoms with Crippen LogP contribution in [0, 0.1) is 11.3 Å². The van der Waals surface area contributed by atoms with Crippen molar-refractivity contribution >= 4 is 0 Å². The number of nitrogens with one attached hydrogen (secondary N) is 1. The first-order chi connectivity index (χ1) is 9.91. The maximum absolute atomic E-state index is 3.28. The summed E-state index contributed by atoms with van der Waals surface area (Å²) in [5.41, 5.74) is 1.05. The van der Waals surface area contributed by atoms with E-state index in [1.165, 1.54) is 77.5 Å². The molecule has 3 fully saturated rings. The molecular weight excluding hydrogens is 256 g/mol. The van der Waals surface area contributed by atoms with Gasteiger partial charge in [-0.25, -0.2) is 0 Å². The van der Waals surface area contributed by atoms with E-state index in [1.807, 2.05) is 0 Å². The van der Waals surface area contributed by atoms with Gasteiger partial charge in [0.15, 0.2) is 0 Å². The van der Waals surface area contributed by atoms with Gasteiger partial charge in [-0.1, -0.05) is 27.2 Å². The van der Waals surface area contributed by atoms with Crippen molar-refractivity contribution < 1.29 is 0 Å². The zero-order valence-corrected chi connectivity index (χ0v) is 15.0. The SMILES string of the molecule is C1CCNCC1.CC1CC(C)(C)CC(C)(N2CCCC2)C1. The van der Waals surface area contributed by atoms with Crippen molar-refractivity contribution in [3.63, 3.8) is 0 Å². The predicted molar refractivity (Wildman–Crippen MR) is 92.7 cm³/mol. The molecule has 3 rings (SSSR count). The molecule has 0 aromatic rings. The minimum Gasteiger partial charge on any atom is -0.317 e. The summed E-state index contributed by atoms with van der Waals surface area (Å²) < 4.78 is 0. The van der Waals surface area contributed by atoms with Crippen LogP contribution in [0.25, 0.3) is 0 Å². The molecule has 0 spiro atoms. The van der Waals surface area contributed by atoms with Crippen molar-refractivity contribution in [2.24, 2.45) is 11.3 Å². The van der Waals surface area contributed by atoms with Gasteiger partial charge in [0.1, 0.15) is 0 Å². The second-order valence-electron chi connectivity index (χ2n) is 8.86. The molecule has 3 aliphatic rings. The zero-order chi connectivity index (χ0) is 15.3. The van der Waals surface area contributed by atoms with Crippen molar-refractivity contribution in [1.29, 1.82) is 0 Å². The third kappa shape index (κ3) is 5.25. The third-order valence-electron chi connectivity index (χ3n) is 5.63. The van der Waals surface area contributed by atoms with Gasteiger partial charge in [-0.05, 0) is 89.4 Å². The number of piperidine rings is 1. The van der Waals surface area contributed by atoms with Crippen molar-refractivity contribution in [3.8, 4) is 0 Å². The van der Waals surface area contributed by atoms with Gasteiger partial charge >= 0.3 is 0 Å². The molecule has 1 N–H and O–H groups in total. The number of rotatable bonds is 1. The van der Waals surface area contributed by atoms with Crippen LogP contribution in [0.4, 0.5) is 0 Å². The summed E-state index contributed by atoms with van der Waals surface area (Å²) in [7, 11) is 0. The molecule has 0 amide bonds. The Bertz CT molecular complexity index is 291. The maximum Gasteiger partial charge on any atom is 0.0189 e. The van der Waals surface area contributed by atoms with Gasteiger partial charge in [0, 0.05) is 5.54 Å². The molecule has 2 atom stereocenters. The van der Waals surface area contributed by atoms with Gasteiger partial charge in [-0.2, -0.15) is 0 Å². The zero-order valence-electron chi connectivity index (χ0n) is 15.0. The van der Waals surface area contributed by atoms with E-state index in [9.17, 15) is 0 Å². The van der Waals surface area contributed by atoms with Crippen LogP contribution in [0.5, 0.6) is 0 Å². The minimum atomic E-state index is 0.498. The largest absolute Gasteiger partial charge is 0.317 e. The first-order valence-electron chi connectivity index (χ1n) is 9.37. The number of likely N-dealkylation sites (tertiary alicyclic amines) is 1. The number of hydrogen-bond donors (Lipinski definition) is 1. The summed E-state index contributed by atoms with van der Waals surface area (Å²) in [5.74, 6) is 0.902. The fourth-order valence-corrected chi connectivity index (χ4v) is 5.24. The summed E-state index contributed by atoms with van der Waals surface area (Å²) in [6.45, 7) is 15.1. The van der Waals surface area contributed by atoms with Gasteiger partial charge in [0.2, 0.25) is 0 Å². The lowest BCUT2D eigenvalue weighted by atomic mass is 9.64. The van der Waals surface area contributed by atoms with Crippen molar-refractivity contribution in [2.75, 3.05) is 26.2 Å². The van der Waals surface area contributed by atoms with Gasteiger partial charge in [0.05, 0.1) is 0 Å². The Hall–Kier alpha value is -0.0800. The van der Waals surface area contributed by atoms with Crippen molar-refractivity contribution in [1.82, 2.24) is 10.2 Å². The molecule has 2 saturated heterocycles. The van der Waals surface area contributed by atoms with Gasteiger partial charge in [0.25, 0.3) is 0 Å². The lowest BCUT2D eigenvalue weighted by Gasteiger charge is -2.50. The Balaban J connectivity index is 0.000000225. The Labute approximate surface area is 133 Å². The van der Waals surface area contributed by atoms with E-state index in [-0.39, 0.29) is 0 Å². The van der Waals surface area contributed by atoms with Gasteiger partial charge < -0.3 is 5.32 Å². The molecule has 2 aliphatic heterocycles.